The number of alkyl halides is 3. The lowest BCUT2D eigenvalue weighted by Gasteiger charge is -2.14. The molecule has 0 amide bonds. The van der Waals surface area contributed by atoms with Gasteiger partial charge < -0.3 is 5.11 Å². The predicted octanol–water partition coefficient (Wildman–Crippen LogP) is 3.01. The van der Waals surface area contributed by atoms with Gasteiger partial charge in [0.1, 0.15) is 5.56 Å². The fourth-order valence-electron chi connectivity index (χ4n) is 3.80. The lowest BCUT2D eigenvalue weighted by atomic mass is 10.1. The van der Waals surface area contributed by atoms with E-state index in [-0.39, 0.29) is 24.7 Å². The summed E-state index contributed by atoms with van der Waals surface area (Å²) in [6, 6.07) is 5.11. The van der Waals surface area contributed by atoms with E-state index in [2.05, 4.69) is 9.82 Å². The van der Waals surface area contributed by atoms with Crippen molar-refractivity contribution in [3.05, 3.63) is 51.8 Å². The quantitative estimate of drug-likeness (QED) is 0.663. The van der Waals surface area contributed by atoms with Crippen molar-refractivity contribution in [2.24, 2.45) is 0 Å². The summed E-state index contributed by atoms with van der Waals surface area (Å²) in [4.78, 5) is 11.5. The third-order valence-corrected chi connectivity index (χ3v) is 7.27. The number of aromatic nitrogens is 2. The summed E-state index contributed by atoms with van der Waals surface area (Å²) in [5.41, 5.74) is 0.324. The zero-order valence-corrected chi connectivity index (χ0v) is 18.1. The van der Waals surface area contributed by atoms with E-state index in [9.17, 15) is 31.5 Å². The first kappa shape index (κ1) is 23.3. The molecule has 3 rings (SSSR count). The van der Waals surface area contributed by atoms with Crippen molar-refractivity contribution in [1.82, 2.24) is 14.5 Å². The first-order valence-corrected chi connectivity index (χ1v) is 11.4. The summed E-state index contributed by atoms with van der Waals surface area (Å²) >= 11 is 0. The molecular weight excluding hydrogens is 435 g/mol. The van der Waals surface area contributed by atoms with Crippen LogP contribution in [0.5, 0.6) is 0 Å². The Kier molecular flexibility index (Phi) is 6.21. The number of carboxylic acid groups (broad SMARTS) is 1. The van der Waals surface area contributed by atoms with Gasteiger partial charge in [-0.1, -0.05) is 25.1 Å². The van der Waals surface area contributed by atoms with Crippen LogP contribution in [0.3, 0.4) is 0 Å². The van der Waals surface area contributed by atoms with Crippen molar-refractivity contribution in [3.8, 4) is 0 Å². The number of hydrogen-bond acceptors (Lipinski definition) is 4. The highest BCUT2D eigenvalue weighted by Gasteiger charge is 2.41. The van der Waals surface area contributed by atoms with E-state index in [4.69, 9.17) is 0 Å². The maximum absolute atomic E-state index is 13.3. The summed E-state index contributed by atoms with van der Waals surface area (Å²) in [5, 5.41) is 12.3. The molecule has 1 aromatic carbocycles. The second kappa shape index (κ2) is 8.27. The molecule has 0 unspecified atom stereocenters. The third kappa shape index (κ3) is 4.77. The van der Waals surface area contributed by atoms with Gasteiger partial charge in [0, 0.05) is 6.04 Å². The molecule has 31 heavy (non-hydrogen) atoms. The first-order valence-electron chi connectivity index (χ1n) is 9.85. The molecule has 2 N–H and O–H groups in total. The SMILES string of the molecule is CCc1c(C(=O)O)c(C(F)(F)F)nn1Cc1ccc2c(c1)C[C@H](NS(=O)(=O)C(C)C)C2. The number of carboxylic acids is 1. The molecule has 0 fully saturated rings. The van der Waals surface area contributed by atoms with Crippen molar-refractivity contribution in [1.29, 1.82) is 0 Å². The summed E-state index contributed by atoms with van der Waals surface area (Å²) < 4.78 is 67.9. The summed E-state index contributed by atoms with van der Waals surface area (Å²) in [6.07, 6.45) is -3.79. The van der Waals surface area contributed by atoms with Crippen LogP contribution in [0.15, 0.2) is 18.2 Å². The minimum atomic E-state index is -4.87. The smallest absolute Gasteiger partial charge is 0.436 e. The number of halogens is 3. The highest BCUT2D eigenvalue weighted by molar-refractivity contribution is 7.90. The second-order valence-corrected chi connectivity index (χ2v) is 10.2. The molecule has 1 aliphatic carbocycles. The lowest BCUT2D eigenvalue weighted by molar-refractivity contribution is -0.142. The predicted molar refractivity (Wildman–Crippen MR) is 107 cm³/mol. The summed E-state index contributed by atoms with van der Waals surface area (Å²) in [7, 11) is -3.42. The van der Waals surface area contributed by atoms with Gasteiger partial charge >= 0.3 is 12.1 Å². The first-order chi connectivity index (χ1) is 14.3. The number of hydrogen-bond donors (Lipinski definition) is 2. The van der Waals surface area contributed by atoms with Gasteiger partial charge in [-0.25, -0.2) is 17.9 Å². The minimum Gasteiger partial charge on any atom is -0.478 e. The number of nitrogens with one attached hydrogen (secondary N) is 1. The Hall–Kier alpha value is -2.40. The fraction of sp³-hybridized carbons (Fsp3) is 0.500. The molecule has 11 heteroatoms. The van der Waals surface area contributed by atoms with E-state index < -0.39 is 38.7 Å². The zero-order chi connectivity index (χ0) is 23.1. The van der Waals surface area contributed by atoms with Crippen LogP contribution in [0.1, 0.15) is 59.2 Å². The van der Waals surface area contributed by atoms with E-state index in [1.54, 1.807) is 26.8 Å². The van der Waals surface area contributed by atoms with Crippen molar-refractivity contribution in [2.45, 2.75) is 64.0 Å². The average Bonchev–Trinajstić information content (AvgIpc) is 3.20. The summed E-state index contributed by atoms with van der Waals surface area (Å²) in [5.74, 6) is -1.66. The van der Waals surface area contributed by atoms with Gasteiger partial charge in [0.05, 0.1) is 17.5 Å². The number of carbonyl (C=O) groups is 1. The lowest BCUT2D eigenvalue weighted by Crippen LogP contribution is -2.39. The van der Waals surface area contributed by atoms with Crippen LogP contribution < -0.4 is 4.72 Å². The van der Waals surface area contributed by atoms with E-state index in [1.165, 1.54) is 0 Å². The Morgan fingerprint density at radius 3 is 2.48 bits per heavy atom. The molecule has 1 aliphatic rings. The normalized spacial score (nSPS) is 16.7. The van der Waals surface area contributed by atoms with Crippen LogP contribution in [-0.4, -0.2) is 40.6 Å². The number of fused-ring (bicyclic) bond motifs is 1. The Labute approximate surface area is 178 Å². The fourth-order valence-corrected chi connectivity index (χ4v) is 4.71. The molecule has 7 nitrogen and oxygen atoms in total. The Morgan fingerprint density at radius 1 is 1.29 bits per heavy atom. The van der Waals surface area contributed by atoms with Gasteiger partial charge in [0.25, 0.3) is 0 Å². The average molecular weight is 459 g/mol. The van der Waals surface area contributed by atoms with E-state index in [0.29, 0.717) is 18.4 Å². The van der Waals surface area contributed by atoms with Crippen molar-refractivity contribution in [2.75, 3.05) is 0 Å². The molecule has 0 spiro atoms. The number of aromatic carboxylic acids is 1. The molecule has 0 radical (unpaired) electrons. The van der Waals surface area contributed by atoms with Gasteiger partial charge in [0.2, 0.25) is 10.0 Å². The number of nitrogens with zero attached hydrogens (tertiary/aromatic N) is 2. The van der Waals surface area contributed by atoms with Gasteiger partial charge in [-0.2, -0.15) is 18.3 Å². The second-order valence-electron chi connectivity index (χ2n) is 7.90. The van der Waals surface area contributed by atoms with Gasteiger partial charge in [-0.3, -0.25) is 4.68 Å². The van der Waals surface area contributed by atoms with E-state index in [0.717, 1.165) is 15.8 Å². The Bertz CT molecular complexity index is 1110. The van der Waals surface area contributed by atoms with Crippen LogP contribution in [-0.2, 0) is 42.0 Å². The zero-order valence-electron chi connectivity index (χ0n) is 17.3. The van der Waals surface area contributed by atoms with Gasteiger partial charge in [-0.15, -0.1) is 0 Å². The Morgan fingerprint density at radius 2 is 1.94 bits per heavy atom. The van der Waals surface area contributed by atoms with Gasteiger partial charge in [0.15, 0.2) is 5.69 Å². The van der Waals surface area contributed by atoms with E-state index in [1.807, 2.05) is 12.1 Å². The van der Waals surface area contributed by atoms with Crippen LogP contribution in [0.2, 0.25) is 0 Å². The van der Waals surface area contributed by atoms with Crippen LogP contribution in [0.25, 0.3) is 0 Å². The molecule has 0 bridgehead atoms. The maximum Gasteiger partial charge on any atom is 0.436 e. The monoisotopic (exact) mass is 459 g/mol. The topological polar surface area (TPSA) is 101 Å². The number of sulfonamides is 1. The molecule has 1 atom stereocenters. The molecule has 170 valence electrons. The molecule has 0 aliphatic heterocycles. The number of rotatable bonds is 7. The highest BCUT2D eigenvalue weighted by atomic mass is 32.2. The molecule has 2 aromatic rings. The minimum absolute atomic E-state index is 0.00268. The van der Waals surface area contributed by atoms with Gasteiger partial charge in [-0.05, 0) is 49.8 Å². The third-order valence-electron chi connectivity index (χ3n) is 5.36. The van der Waals surface area contributed by atoms with Crippen LogP contribution >= 0.6 is 0 Å². The molecule has 1 heterocycles. The van der Waals surface area contributed by atoms with Crippen LogP contribution in [0.4, 0.5) is 13.2 Å². The van der Waals surface area contributed by atoms with Crippen molar-refractivity contribution in [3.63, 3.8) is 0 Å². The molecule has 0 saturated heterocycles. The van der Waals surface area contributed by atoms with Crippen molar-refractivity contribution >= 4 is 16.0 Å². The van der Waals surface area contributed by atoms with Crippen LogP contribution in [0, 0.1) is 0 Å². The van der Waals surface area contributed by atoms with E-state index >= 15 is 0 Å². The highest BCUT2D eigenvalue weighted by Crippen LogP contribution is 2.33. The Balaban J connectivity index is 1.87. The van der Waals surface area contributed by atoms with Crippen molar-refractivity contribution < 1.29 is 31.5 Å². The number of benzene rings is 1. The standard InChI is InChI=1S/C20H24F3N3O4S/c1-4-16-17(19(27)28)18(20(21,22)23)24-26(16)10-12-5-6-13-8-15(9-14(13)7-12)25-31(29,30)11(2)3/h5-7,11,15,25H,4,8-10H2,1-3H3,(H,27,28)/t15-/m1/s1. The molecule has 1 aromatic heterocycles. The molecule has 0 saturated carbocycles. The largest absolute Gasteiger partial charge is 0.478 e. The molecular formula is C20H24F3N3O4S. The summed E-state index contributed by atoms with van der Waals surface area (Å²) in [6.45, 7) is 4.75. The maximum atomic E-state index is 13.3.